The van der Waals surface area contributed by atoms with Crippen LogP contribution in [0, 0.1) is 0 Å². The first-order valence-electron chi connectivity index (χ1n) is 11.1. The average molecular weight is 479 g/mol. The van der Waals surface area contributed by atoms with Crippen molar-refractivity contribution in [1.82, 2.24) is 15.1 Å². The van der Waals surface area contributed by atoms with E-state index < -0.39 is 16.0 Å². The molecule has 0 aliphatic carbocycles. The van der Waals surface area contributed by atoms with Crippen LogP contribution in [0.3, 0.4) is 0 Å². The maximum Gasteiger partial charge on any atom is 0.338 e. The van der Waals surface area contributed by atoms with Crippen LogP contribution in [0.5, 0.6) is 0 Å². The van der Waals surface area contributed by atoms with E-state index in [0.717, 1.165) is 24.2 Å². The lowest BCUT2D eigenvalue weighted by atomic mass is 10.1. The molecule has 0 saturated heterocycles. The van der Waals surface area contributed by atoms with Gasteiger partial charge in [0.1, 0.15) is 0 Å². The summed E-state index contributed by atoms with van der Waals surface area (Å²) in [7, 11) is -3.82. The molecule has 1 aliphatic heterocycles. The number of nitrogens with two attached hydrogens (primary N) is 1. The van der Waals surface area contributed by atoms with Gasteiger partial charge in [0.2, 0.25) is 10.0 Å². The normalized spacial score (nSPS) is 15.3. The van der Waals surface area contributed by atoms with Crippen molar-refractivity contribution in [2.75, 3.05) is 26.4 Å². The highest BCUT2D eigenvalue weighted by Gasteiger charge is 2.23. The van der Waals surface area contributed by atoms with E-state index in [4.69, 9.17) is 14.6 Å². The van der Waals surface area contributed by atoms with Gasteiger partial charge in [-0.25, -0.2) is 18.4 Å². The number of amides is 1. The highest BCUT2D eigenvalue weighted by Crippen LogP contribution is 2.19. The van der Waals surface area contributed by atoms with Crippen molar-refractivity contribution in [3.63, 3.8) is 0 Å². The number of sulfonamides is 1. The molecule has 0 atom stereocenters. The number of primary sulfonamides is 1. The van der Waals surface area contributed by atoms with Crippen LogP contribution in [-0.4, -0.2) is 56.4 Å². The molecule has 0 bridgehead atoms. The summed E-state index contributed by atoms with van der Waals surface area (Å²) in [5, 5.41) is 12.7. The molecular weight excluding hydrogens is 448 g/mol. The molecule has 180 valence electrons. The summed E-state index contributed by atoms with van der Waals surface area (Å²) in [6.45, 7) is 4.43. The van der Waals surface area contributed by atoms with E-state index >= 15 is 0 Å². The Bertz CT molecular complexity index is 1080. The largest absolute Gasteiger partial charge is 0.462 e. The summed E-state index contributed by atoms with van der Waals surface area (Å²) >= 11 is 0. The van der Waals surface area contributed by atoms with Gasteiger partial charge >= 0.3 is 5.97 Å². The van der Waals surface area contributed by atoms with Gasteiger partial charge < -0.3 is 14.8 Å². The number of carbonyl (C=O) groups excluding carboxylic acids is 2. The molecule has 1 aromatic heterocycles. The first-order valence-corrected chi connectivity index (χ1v) is 12.6. The molecule has 0 saturated carbocycles. The van der Waals surface area contributed by atoms with Crippen LogP contribution >= 0.6 is 0 Å². The molecule has 0 spiro atoms. The van der Waals surface area contributed by atoms with E-state index in [1.54, 1.807) is 0 Å². The van der Waals surface area contributed by atoms with Gasteiger partial charge in [0.05, 0.1) is 34.0 Å². The quantitative estimate of drug-likeness (QED) is 0.453. The summed E-state index contributed by atoms with van der Waals surface area (Å²) in [5.41, 5.74) is 2.51. The molecule has 3 N–H and O–H groups in total. The fourth-order valence-electron chi connectivity index (χ4n) is 3.65. The Morgan fingerprint density at radius 2 is 1.97 bits per heavy atom. The summed E-state index contributed by atoms with van der Waals surface area (Å²) in [6.07, 6.45) is 3.39. The SMILES string of the molecule is CCc1nn(CCCOC(=O)c2ccc(S(N)(=O)=O)cc2)c2c1C(=O)NCCCOCCC2. The minimum Gasteiger partial charge on any atom is -0.462 e. The number of nitrogens with one attached hydrogen (secondary N) is 1. The van der Waals surface area contributed by atoms with Crippen molar-refractivity contribution in [1.29, 1.82) is 0 Å². The first-order chi connectivity index (χ1) is 15.8. The number of hydrogen-bond acceptors (Lipinski definition) is 7. The van der Waals surface area contributed by atoms with Crippen molar-refractivity contribution in [2.45, 2.75) is 50.5 Å². The second-order valence-corrected chi connectivity index (χ2v) is 9.29. The van der Waals surface area contributed by atoms with E-state index in [1.165, 1.54) is 24.3 Å². The minimum absolute atomic E-state index is 0.0717. The molecule has 1 aliphatic rings. The minimum atomic E-state index is -3.82. The number of aromatic nitrogens is 2. The van der Waals surface area contributed by atoms with Crippen LogP contribution in [-0.2, 0) is 38.9 Å². The summed E-state index contributed by atoms with van der Waals surface area (Å²) in [5.74, 6) is -0.661. The molecule has 1 aromatic carbocycles. The Morgan fingerprint density at radius 3 is 2.67 bits per heavy atom. The summed E-state index contributed by atoms with van der Waals surface area (Å²) in [6, 6.07) is 5.25. The van der Waals surface area contributed by atoms with Crippen LogP contribution in [0.4, 0.5) is 0 Å². The van der Waals surface area contributed by atoms with Gasteiger partial charge in [-0.15, -0.1) is 0 Å². The van der Waals surface area contributed by atoms with Gasteiger partial charge in [-0.3, -0.25) is 9.48 Å². The maximum atomic E-state index is 12.8. The molecule has 1 amide bonds. The summed E-state index contributed by atoms with van der Waals surface area (Å²) in [4.78, 5) is 24.9. The molecule has 3 rings (SSSR count). The lowest BCUT2D eigenvalue weighted by molar-refractivity contribution is 0.0494. The zero-order chi connectivity index (χ0) is 23.8. The lowest BCUT2D eigenvalue weighted by Gasteiger charge is -2.10. The fourth-order valence-corrected chi connectivity index (χ4v) is 4.17. The Balaban J connectivity index is 1.62. The zero-order valence-electron chi connectivity index (χ0n) is 18.7. The number of ether oxygens (including phenoxy) is 2. The number of hydrogen-bond donors (Lipinski definition) is 2. The first kappa shape index (κ1) is 24.9. The number of esters is 1. The van der Waals surface area contributed by atoms with Crippen molar-refractivity contribution in [3.8, 4) is 0 Å². The second kappa shape index (κ2) is 11.4. The average Bonchev–Trinajstić information content (AvgIpc) is 3.13. The monoisotopic (exact) mass is 478 g/mol. The molecule has 0 unspecified atom stereocenters. The van der Waals surface area contributed by atoms with Gasteiger partial charge in [-0.2, -0.15) is 5.10 Å². The summed E-state index contributed by atoms with van der Waals surface area (Å²) < 4.78 is 35.4. The maximum absolute atomic E-state index is 12.8. The highest BCUT2D eigenvalue weighted by molar-refractivity contribution is 7.89. The van der Waals surface area contributed by atoms with Crippen molar-refractivity contribution in [3.05, 3.63) is 46.8 Å². The van der Waals surface area contributed by atoms with Crippen molar-refractivity contribution >= 4 is 21.9 Å². The Kier molecular flexibility index (Phi) is 8.59. The van der Waals surface area contributed by atoms with E-state index in [2.05, 4.69) is 10.4 Å². The topological polar surface area (TPSA) is 143 Å². The fraction of sp³-hybridized carbons (Fsp3) is 0.500. The number of benzene rings is 1. The molecule has 10 nitrogen and oxygen atoms in total. The molecule has 0 fully saturated rings. The van der Waals surface area contributed by atoms with E-state index in [9.17, 15) is 18.0 Å². The second-order valence-electron chi connectivity index (χ2n) is 7.73. The molecule has 0 radical (unpaired) electrons. The van der Waals surface area contributed by atoms with Gasteiger partial charge in [0.15, 0.2) is 0 Å². The van der Waals surface area contributed by atoms with E-state index in [1.807, 2.05) is 11.6 Å². The van der Waals surface area contributed by atoms with E-state index in [0.29, 0.717) is 51.1 Å². The third-order valence-electron chi connectivity index (χ3n) is 5.31. The third kappa shape index (κ3) is 6.62. The van der Waals surface area contributed by atoms with E-state index in [-0.39, 0.29) is 23.0 Å². The molecular formula is C22H30N4O6S. The zero-order valence-corrected chi connectivity index (χ0v) is 19.5. The molecule has 2 heterocycles. The van der Waals surface area contributed by atoms with Gasteiger partial charge in [-0.1, -0.05) is 6.92 Å². The highest BCUT2D eigenvalue weighted by atomic mass is 32.2. The van der Waals surface area contributed by atoms with Crippen molar-refractivity contribution < 1.29 is 27.5 Å². The smallest absolute Gasteiger partial charge is 0.338 e. The van der Waals surface area contributed by atoms with Crippen molar-refractivity contribution in [2.24, 2.45) is 5.14 Å². The predicted molar refractivity (Wildman–Crippen MR) is 120 cm³/mol. The predicted octanol–water partition coefficient (Wildman–Crippen LogP) is 1.42. The van der Waals surface area contributed by atoms with Crippen LogP contribution in [0.1, 0.15) is 58.3 Å². The van der Waals surface area contributed by atoms with Gasteiger partial charge in [-0.05, 0) is 49.9 Å². The van der Waals surface area contributed by atoms with Crippen LogP contribution in [0.2, 0.25) is 0 Å². The third-order valence-corrected chi connectivity index (χ3v) is 6.24. The number of fused-ring (bicyclic) bond motifs is 1. The lowest BCUT2D eigenvalue weighted by Crippen LogP contribution is -2.26. The number of aryl methyl sites for hydroxylation is 2. The van der Waals surface area contributed by atoms with Gasteiger partial charge in [0, 0.05) is 32.7 Å². The van der Waals surface area contributed by atoms with Crippen LogP contribution in [0.25, 0.3) is 0 Å². The Hall–Kier alpha value is -2.76. The van der Waals surface area contributed by atoms with Gasteiger partial charge in [0.25, 0.3) is 5.91 Å². The number of nitrogens with zero attached hydrogens (tertiary/aromatic N) is 2. The Morgan fingerprint density at radius 1 is 1.24 bits per heavy atom. The number of carbonyl (C=O) groups is 2. The molecule has 33 heavy (non-hydrogen) atoms. The standard InChI is InChI=1S/C22H30N4O6S/c1-2-18-20-19(6-3-13-31-14-4-11-24-21(20)27)26(25-18)12-5-15-32-22(28)16-7-9-17(10-8-16)33(23,29)30/h7-10H,2-6,11-15H2,1H3,(H,24,27)(H2,23,29,30). The van der Waals surface area contributed by atoms with Crippen LogP contribution < -0.4 is 10.5 Å². The molecule has 2 aromatic rings. The molecule has 11 heteroatoms. The number of rotatable bonds is 7. The Labute approximate surface area is 193 Å². The van der Waals surface area contributed by atoms with Crippen LogP contribution in [0.15, 0.2) is 29.2 Å².